The Balaban J connectivity index is 1.72. The molecule has 0 aromatic heterocycles. The van der Waals surface area contributed by atoms with Crippen LogP contribution < -0.4 is 10.1 Å². The summed E-state index contributed by atoms with van der Waals surface area (Å²) in [6, 6.07) is 7.27. The molecule has 98 valence electrons. The zero-order chi connectivity index (χ0) is 12.6. The second-order valence-electron chi connectivity index (χ2n) is 6.31. The molecule has 1 N–H and O–H groups in total. The standard InChI is InChI=1S/C16H23NO/c1-16(2)10-12-6-5-7-13(15(12)18-16)11-17-14-8-3-4-9-14/h5-7,14,17H,3-4,8-11H2,1-2H3. The molecule has 0 radical (unpaired) electrons. The molecule has 1 aromatic rings. The molecule has 1 saturated carbocycles. The van der Waals surface area contributed by atoms with Crippen LogP contribution in [0.25, 0.3) is 0 Å². The summed E-state index contributed by atoms with van der Waals surface area (Å²) < 4.78 is 6.10. The predicted molar refractivity (Wildman–Crippen MR) is 73.9 cm³/mol. The predicted octanol–water partition coefficient (Wildman–Crippen LogP) is 3.43. The minimum atomic E-state index is -0.0359. The molecule has 1 heterocycles. The van der Waals surface area contributed by atoms with E-state index in [2.05, 4.69) is 37.4 Å². The van der Waals surface area contributed by atoms with E-state index >= 15 is 0 Å². The van der Waals surface area contributed by atoms with Gasteiger partial charge in [0.1, 0.15) is 11.4 Å². The molecule has 1 aromatic carbocycles. The van der Waals surface area contributed by atoms with Crippen molar-refractivity contribution in [3.63, 3.8) is 0 Å². The van der Waals surface area contributed by atoms with E-state index in [0.29, 0.717) is 0 Å². The molecule has 0 saturated heterocycles. The van der Waals surface area contributed by atoms with E-state index in [1.54, 1.807) is 0 Å². The number of hydrogen-bond acceptors (Lipinski definition) is 2. The molecule has 2 heteroatoms. The summed E-state index contributed by atoms with van der Waals surface area (Å²) in [5.74, 6) is 1.13. The maximum Gasteiger partial charge on any atom is 0.127 e. The normalized spacial score (nSPS) is 21.9. The van der Waals surface area contributed by atoms with Gasteiger partial charge in [-0.15, -0.1) is 0 Å². The highest BCUT2D eigenvalue weighted by molar-refractivity contribution is 5.45. The van der Waals surface area contributed by atoms with Gasteiger partial charge in [0.25, 0.3) is 0 Å². The lowest BCUT2D eigenvalue weighted by Crippen LogP contribution is -2.27. The summed E-state index contributed by atoms with van der Waals surface area (Å²) in [4.78, 5) is 0. The Kier molecular flexibility index (Phi) is 3.06. The van der Waals surface area contributed by atoms with Crippen LogP contribution in [0.3, 0.4) is 0 Å². The molecule has 2 nitrogen and oxygen atoms in total. The number of nitrogens with one attached hydrogen (secondary N) is 1. The third-order valence-electron chi connectivity index (χ3n) is 4.11. The first-order valence-corrected chi connectivity index (χ1v) is 7.17. The summed E-state index contributed by atoms with van der Waals surface area (Å²) in [5, 5.41) is 3.67. The fraction of sp³-hybridized carbons (Fsp3) is 0.625. The SMILES string of the molecule is CC1(C)Cc2cccc(CNC3CCCC3)c2O1. The van der Waals surface area contributed by atoms with Gasteiger partial charge in [-0.25, -0.2) is 0 Å². The van der Waals surface area contributed by atoms with Crippen LogP contribution in [0.4, 0.5) is 0 Å². The number of fused-ring (bicyclic) bond motifs is 1. The Morgan fingerprint density at radius 1 is 1.28 bits per heavy atom. The third kappa shape index (κ3) is 2.39. The minimum Gasteiger partial charge on any atom is -0.487 e. The van der Waals surface area contributed by atoms with Crippen molar-refractivity contribution in [3.8, 4) is 5.75 Å². The first-order valence-electron chi connectivity index (χ1n) is 7.17. The molecule has 18 heavy (non-hydrogen) atoms. The summed E-state index contributed by atoms with van der Waals surface area (Å²) in [7, 11) is 0. The number of rotatable bonds is 3. The molecule has 1 aliphatic heterocycles. The maximum absolute atomic E-state index is 6.10. The van der Waals surface area contributed by atoms with Crippen LogP contribution in [0.15, 0.2) is 18.2 Å². The van der Waals surface area contributed by atoms with Gasteiger partial charge in [-0.1, -0.05) is 31.0 Å². The number of ether oxygens (including phenoxy) is 1. The highest BCUT2D eigenvalue weighted by Crippen LogP contribution is 2.37. The van der Waals surface area contributed by atoms with Gasteiger partial charge in [-0.3, -0.25) is 0 Å². The molecule has 1 aliphatic carbocycles. The molecular weight excluding hydrogens is 222 g/mol. The maximum atomic E-state index is 6.10. The minimum absolute atomic E-state index is 0.0359. The van der Waals surface area contributed by atoms with E-state index in [-0.39, 0.29) is 5.60 Å². The first kappa shape index (κ1) is 12.0. The van der Waals surface area contributed by atoms with Crippen molar-refractivity contribution in [2.75, 3.05) is 0 Å². The van der Waals surface area contributed by atoms with Crippen molar-refractivity contribution >= 4 is 0 Å². The Bertz CT molecular complexity index is 433. The number of para-hydroxylation sites is 1. The molecule has 0 atom stereocenters. The van der Waals surface area contributed by atoms with Gasteiger partial charge >= 0.3 is 0 Å². The second kappa shape index (κ2) is 4.58. The fourth-order valence-electron chi connectivity index (χ4n) is 3.20. The zero-order valence-corrected chi connectivity index (χ0v) is 11.5. The number of hydrogen-bond donors (Lipinski definition) is 1. The van der Waals surface area contributed by atoms with Crippen LogP contribution in [0.2, 0.25) is 0 Å². The molecule has 0 spiro atoms. The van der Waals surface area contributed by atoms with Crippen molar-refractivity contribution in [1.29, 1.82) is 0 Å². The Morgan fingerprint density at radius 3 is 2.83 bits per heavy atom. The van der Waals surface area contributed by atoms with Gasteiger partial charge in [-0.2, -0.15) is 0 Å². The van der Waals surface area contributed by atoms with Gasteiger partial charge in [0, 0.05) is 24.6 Å². The lowest BCUT2D eigenvalue weighted by molar-refractivity contribution is 0.137. The van der Waals surface area contributed by atoms with Gasteiger partial charge in [-0.05, 0) is 32.3 Å². The Morgan fingerprint density at radius 2 is 2.06 bits per heavy atom. The second-order valence-corrected chi connectivity index (χ2v) is 6.31. The summed E-state index contributed by atoms with van der Waals surface area (Å²) in [6.45, 7) is 5.28. The van der Waals surface area contributed by atoms with E-state index in [1.165, 1.54) is 36.8 Å². The van der Waals surface area contributed by atoms with Crippen molar-refractivity contribution < 1.29 is 4.74 Å². The summed E-state index contributed by atoms with van der Waals surface area (Å²) >= 11 is 0. The van der Waals surface area contributed by atoms with Gasteiger partial charge in [0.15, 0.2) is 0 Å². The third-order valence-corrected chi connectivity index (χ3v) is 4.11. The van der Waals surface area contributed by atoms with Crippen LogP contribution >= 0.6 is 0 Å². The smallest absolute Gasteiger partial charge is 0.127 e. The van der Waals surface area contributed by atoms with Crippen molar-refractivity contribution in [3.05, 3.63) is 29.3 Å². The zero-order valence-electron chi connectivity index (χ0n) is 11.5. The molecule has 0 unspecified atom stereocenters. The Hall–Kier alpha value is -1.02. The average molecular weight is 245 g/mol. The van der Waals surface area contributed by atoms with Crippen molar-refractivity contribution in [2.45, 2.75) is 64.1 Å². The van der Waals surface area contributed by atoms with Crippen molar-refractivity contribution in [1.82, 2.24) is 5.32 Å². The molecule has 1 fully saturated rings. The van der Waals surface area contributed by atoms with E-state index < -0.39 is 0 Å². The lowest BCUT2D eigenvalue weighted by Gasteiger charge is -2.19. The van der Waals surface area contributed by atoms with E-state index in [4.69, 9.17) is 4.74 Å². The first-order chi connectivity index (χ1) is 8.64. The quantitative estimate of drug-likeness (QED) is 0.881. The fourth-order valence-corrected chi connectivity index (χ4v) is 3.20. The van der Waals surface area contributed by atoms with Crippen LogP contribution in [0.5, 0.6) is 5.75 Å². The highest BCUT2D eigenvalue weighted by Gasteiger charge is 2.31. The molecule has 0 amide bonds. The van der Waals surface area contributed by atoms with Crippen LogP contribution in [-0.2, 0) is 13.0 Å². The van der Waals surface area contributed by atoms with Gasteiger partial charge in [0.2, 0.25) is 0 Å². The van der Waals surface area contributed by atoms with E-state index in [1.807, 2.05) is 0 Å². The van der Waals surface area contributed by atoms with Gasteiger partial charge < -0.3 is 10.1 Å². The van der Waals surface area contributed by atoms with Crippen LogP contribution in [0, 0.1) is 0 Å². The number of benzene rings is 1. The monoisotopic (exact) mass is 245 g/mol. The summed E-state index contributed by atoms with van der Waals surface area (Å²) in [6.07, 6.45) is 6.46. The van der Waals surface area contributed by atoms with Crippen molar-refractivity contribution in [2.24, 2.45) is 0 Å². The molecule has 2 aliphatic rings. The Labute approximate surface area is 110 Å². The average Bonchev–Trinajstić information content (AvgIpc) is 2.91. The van der Waals surface area contributed by atoms with Crippen LogP contribution in [0.1, 0.15) is 50.7 Å². The molecule has 3 rings (SSSR count). The molecule has 0 bridgehead atoms. The largest absolute Gasteiger partial charge is 0.487 e. The topological polar surface area (TPSA) is 21.3 Å². The highest BCUT2D eigenvalue weighted by atomic mass is 16.5. The molecular formula is C16H23NO. The van der Waals surface area contributed by atoms with E-state index in [0.717, 1.165) is 24.8 Å². The van der Waals surface area contributed by atoms with Crippen LogP contribution in [-0.4, -0.2) is 11.6 Å². The van der Waals surface area contributed by atoms with E-state index in [9.17, 15) is 0 Å². The van der Waals surface area contributed by atoms with Gasteiger partial charge in [0.05, 0.1) is 0 Å². The lowest BCUT2D eigenvalue weighted by atomic mass is 10.0. The summed E-state index contributed by atoms with van der Waals surface area (Å²) in [5.41, 5.74) is 2.65.